The summed E-state index contributed by atoms with van der Waals surface area (Å²) in [5.74, 6) is -0.710. The predicted molar refractivity (Wildman–Crippen MR) is 83.7 cm³/mol. The fourth-order valence-electron chi connectivity index (χ4n) is 1.95. The Labute approximate surface area is 130 Å². The first-order chi connectivity index (χ1) is 11.1. The van der Waals surface area contributed by atoms with Gasteiger partial charge in [-0.05, 0) is 30.3 Å². The summed E-state index contributed by atoms with van der Waals surface area (Å²) in [5, 5.41) is 16.1. The Morgan fingerprint density at radius 1 is 1.04 bits per heavy atom. The van der Waals surface area contributed by atoms with E-state index >= 15 is 0 Å². The number of para-hydroxylation sites is 1. The van der Waals surface area contributed by atoms with Gasteiger partial charge >= 0.3 is 0 Å². The fourth-order valence-corrected chi connectivity index (χ4v) is 1.95. The van der Waals surface area contributed by atoms with Crippen LogP contribution in [-0.4, -0.2) is 25.8 Å². The minimum Gasteiger partial charge on any atom is -0.504 e. The summed E-state index contributed by atoms with van der Waals surface area (Å²) in [7, 11) is 0. The summed E-state index contributed by atoms with van der Waals surface area (Å²) in [6.07, 6.45) is 1.44. The first kappa shape index (κ1) is 14.5. The largest absolute Gasteiger partial charge is 0.504 e. The van der Waals surface area contributed by atoms with E-state index in [1.807, 2.05) is 6.07 Å². The number of carbonyl (C=O) groups is 1. The lowest BCUT2D eigenvalue weighted by atomic mass is 10.3. The second-order valence-electron chi connectivity index (χ2n) is 4.63. The SMILES string of the molecule is O=C(Nc1ncccc1O)c1ccc(=O)n(-c2ccccc2)n1. The van der Waals surface area contributed by atoms with Gasteiger partial charge in [0.25, 0.3) is 11.5 Å². The summed E-state index contributed by atoms with van der Waals surface area (Å²) < 4.78 is 1.13. The lowest BCUT2D eigenvalue weighted by Crippen LogP contribution is -2.25. The van der Waals surface area contributed by atoms with E-state index in [0.717, 1.165) is 4.68 Å². The van der Waals surface area contributed by atoms with Crippen molar-refractivity contribution in [2.45, 2.75) is 0 Å². The Balaban J connectivity index is 1.93. The van der Waals surface area contributed by atoms with Gasteiger partial charge < -0.3 is 10.4 Å². The average Bonchev–Trinajstić information content (AvgIpc) is 2.58. The van der Waals surface area contributed by atoms with Gasteiger partial charge in [-0.25, -0.2) is 4.98 Å². The molecule has 0 fully saturated rings. The smallest absolute Gasteiger partial charge is 0.277 e. The van der Waals surface area contributed by atoms with Crippen LogP contribution < -0.4 is 10.9 Å². The van der Waals surface area contributed by atoms with Gasteiger partial charge in [0, 0.05) is 12.3 Å². The Morgan fingerprint density at radius 3 is 2.57 bits per heavy atom. The highest BCUT2D eigenvalue weighted by Crippen LogP contribution is 2.18. The van der Waals surface area contributed by atoms with Crippen LogP contribution in [0.4, 0.5) is 5.82 Å². The molecule has 0 aliphatic rings. The number of anilines is 1. The van der Waals surface area contributed by atoms with E-state index in [1.165, 1.54) is 24.4 Å². The number of hydrogen-bond acceptors (Lipinski definition) is 5. The van der Waals surface area contributed by atoms with Gasteiger partial charge in [0.05, 0.1) is 5.69 Å². The summed E-state index contributed by atoms with van der Waals surface area (Å²) in [6, 6.07) is 14.3. The maximum absolute atomic E-state index is 12.2. The molecule has 0 aliphatic carbocycles. The second kappa shape index (κ2) is 6.10. The number of aromatic nitrogens is 3. The lowest BCUT2D eigenvalue weighted by molar-refractivity contribution is 0.101. The summed E-state index contributed by atoms with van der Waals surface area (Å²) in [4.78, 5) is 28.0. The van der Waals surface area contributed by atoms with Gasteiger partial charge in [-0.2, -0.15) is 9.78 Å². The standard InChI is InChI=1S/C16H12N4O3/c21-13-7-4-10-17-15(13)18-16(23)12-8-9-14(22)20(19-12)11-5-2-1-3-6-11/h1-10,21H,(H,17,18,23). The van der Waals surface area contributed by atoms with E-state index in [2.05, 4.69) is 15.4 Å². The Bertz CT molecular complexity index is 906. The molecule has 0 saturated carbocycles. The Hall–Kier alpha value is -3.48. The van der Waals surface area contributed by atoms with Crippen LogP contribution in [0.1, 0.15) is 10.5 Å². The van der Waals surface area contributed by atoms with Crippen molar-refractivity contribution >= 4 is 11.7 Å². The number of pyridine rings is 1. The first-order valence-corrected chi connectivity index (χ1v) is 6.76. The molecular formula is C16H12N4O3. The van der Waals surface area contributed by atoms with E-state index in [9.17, 15) is 14.7 Å². The molecule has 0 aliphatic heterocycles. The van der Waals surface area contributed by atoms with Crippen molar-refractivity contribution in [1.82, 2.24) is 14.8 Å². The highest BCUT2D eigenvalue weighted by atomic mass is 16.3. The maximum Gasteiger partial charge on any atom is 0.277 e. The topological polar surface area (TPSA) is 97.1 Å². The van der Waals surface area contributed by atoms with Crippen LogP contribution in [-0.2, 0) is 0 Å². The molecule has 7 heteroatoms. The van der Waals surface area contributed by atoms with Crippen molar-refractivity contribution in [1.29, 1.82) is 0 Å². The molecule has 0 saturated heterocycles. The van der Waals surface area contributed by atoms with Crippen molar-refractivity contribution in [3.8, 4) is 11.4 Å². The molecular weight excluding hydrogens is 296 g/mol. The molecule has 0 bridgehead atoms. The fraction of sp³-hybridized carbons (Fsp3) is 0. The van der Waals surface area contributed by atoms with Crippen molar-refractivity contribution in [3.63, 3.8) is 0 Å². The number of carbonyl (C=O) groups excluding carboxylic acids is 1. The third-order valence-corrected chi connectivity index (χ3v) is 3.05. The van der Waals surface area contributed by atoms with E-state index in [4.69, 9.17) is 0 Å². The monoisotopic (exact) mass is 308 g/mol. The highest BCUT2D eigenvalue weighted by Gasteiger charge is 2.13. The average molecular weight is 308 g/mol. The zero-order valence-electron chi connectivity index (χ0n) is 11.9. The lowest BCUT2D eigenvalue weighted by Gasteiger charge is -2.08. The van der Waals surface area contributed by atoms with Crippen LogP contribution in [0, 0.1) is 0 Å². The molecule has 0 spiro atoms. The number of rotatable bonds is 3. The van der Waals surface area contributed by atoms with Gasteiger partial charge in [0.1, 0.15) is 5.69 Å². The van der Waals surface area contributed by atoms with Crippen LogP contribution in [0.3, 0.4) is 0 Å². The van der Waals surface area contributed by atoms with Crippen LogP contribution in [0.5, 0.6) is 5.75 Å². The number of aromatic hydroxyl groups is 1. The molecule has 114 valence electrons. The zero-order chi connectivity index (χ0) is 16.2. The van der Waals surface area contributed by atoms with Crippen LogP contribution in [0.2, 0.25) is 0 Å². The number of benzene rings is 1. The molecule has 2 aromatic heterocycles. The molecule has 23 heavy (non-hydrogen) atoms. The number of nitrogens with zero attached hydrogens (tertiary/aromatic N) is 3. The van der Waals surface area contributed by atoms with Crippen molar-refractivity contribution < 1.29 is 9.90 Å². The number of hydrogen-bond donors (Lipinski definition) is 2. The highest BCUT2D eigenvalue weighted by molar-refractivity contribution is 6.02. The van der Waals surface area contributed by atoms with Gasteiger partial charge in [-0.15, -0.1) is 0 Å². The van der Waals surface area contributed by atoms with Crippen LogP contribution in [0.15, 0.2) is 65.6 Å². The molecule has 0 unspecified atom stereocenters. The Morgan fingerprint density at radius 2 is 1.83 bits per heavy atom. The number of amides is 1. The third-order valence-electron chi connectivity index (χ3n) is 3.05. The van der Waals surface area contributed by atoms with Gasteiger partial charge in [-0.1, -0.05) is 18.2 Å². The molecule has 7 nitrogen and oxygen atoms in total. The first-order valence-electron chi connectivity index (χ1n) is 6.76. The molecule has 0 atom stereocenters. The normalized spacial score (nSPS) is 10.3. The van der Waals surface area contributed by atoms with Crippen molar-refractivity contribution in [2.75, 3.05) is 5.32 Å². The van der Waals surface area contributed by atoms with Crippen molar-refractivity contribution in [2.24, 2.45) is 0 Å². The summed E-state index contributed by atoms with van der Waals surface area (Å²) in [5.41, 5.74) is 0.222. The maximum atomic E-state index is 12.2. The molecule has 0 radical (unpaired) electrons. The quantitative estimate of drug-likeness (QED) is 0.765. The molecule has 1 amide bonds. The van der Waals surface area contributed by atoms with Crippen LogP contribution >= 0.6 is 0 Å². The van der Waals surface area contributed by atoms with E-state index < -0.39 is 5.91 Å². The zero-order valence-corrected chi connectivity index (χ0v) is 11.9. The van der Waals surface area contributed by atoms with E-state index in [0.29, 0.717) is 5.69 Å². The van der Waals surface area contributed by atoms with E-state index in [-0.39, 0.29) is 22.8 Å². The Kier molecular flexibility index (Phi) is 3.84. The molecule has 3 aromatic rings. The van der Waals surface area contributed by atoms with Crippen LogP contribution in [0.25, 0.3) is 5.69 Å². The molecule has 3 rings (SSSR count). The third kappa shape index (κ3) is 3.08. The molecule has 1 aromatic carbocycles. The summed E-state index contributed by atoms with van der Waals surface area (Å²) >= 11 is 0. The minimum absolute atomic E-state index is 0.0248. The van der Waals surface area contributed by atoms with Gasteiger partial charge in [0.15, 0.2) is 11.6 Å². The minimum atomic E-state index is -0.580. The van der Waals surface area contributed by atoms with E-state index in [1.54, 1.807) is 30.3 Å². The van der Waals surface area contributed by atoms with Gasteiger partial charge in [-0.3, -0.25) is 9.59 Å². The second-order valence-corrected chi connectivity index (χ2v) is 4.63. The molecule has 2 N–H and O–H groups in total. The van der Waals surface area contributed by atoms with Gasteiger partial charge in [0.2, 0.25) is 0 Å². The predicted octanol–water partition coefficient (Wildman–Crippen LogP) is 1.59. The summed E-state index contributed by atoms with van der Waals surface area (Å²) in [6.45, 7) is 0. The molecule has 2 heterocycles. The van der Waals surface area contributed by atoms with Crippen molar-refractivity contribution in [3.05, 3.63) is 76.8 Å². The number of nitrogens with one attached hydrogen (secondary N) is 1.